The Morgan fingerprint density at radius 1 is 0.684 bits per heavy atom. The average Bonchev–Trinajstić information content (AvgIpc) is 2.33. The molecule has 0 radical (unpaired) electrons. The molecule has 0 aliphatic rings. The number of nitrogens with one attached hydrogen (secondary N) is 2. The third-order valence-electron chi connectivity index (χ3n) is 2.69. The van der Waals surface area contributed by atoms with Crippen molar-refractivity contribution >= 4 is 24.2 Å². The molecule has 4 nitrogen and oxygen atoms in total. The summed E-state index contributed by atoms with van der Waals surface area (Å²) in [6.45, 7) is 5.03. The van der Waals surface area contributed by atoms with Crippen LogP contribution in [0, 0.1) is 10.8 Å². The Morgan fingerprint density at radius 3 is 1.32 bits per heavy atom. The summed E-state index contributed by atoms with van der Waals surface area (Å²) < 4.78 is 10.2. The van der Waals surface area contributed by atoms with Crippen LogP contribution in [0.2, 0.25) is 0 Å². The van der Waals surface area contributed by atoms with Gasteiger partial charge in [0.05, 0.1) is 13.2 Å². The molecule has 0 saturated heterocycles. The van der Waals surface area contributed by atoms with Crippen molar-refractivity contribution in [2.45, 2.75) is 65.2 Å². The number of ether oxygens (including phenoxy) is 2. The summed E-state index contributed by atoms with van der Waals surface area (Å²) in [6, 6.07) is 0. The topological polar surface area (TPSA) is 66.2 Å². The predicted octanol–water partition coefficient (Wildman–Crippen LogP) is 4.56. The van der Waals surface area contributed by atoms with E-state index in [4.69, 9.17) is 20.3 Å². The maximum atomic E-state index is 7.46. The maximum absolute atomic E-state index is 7.46. The zero-order valence-corrected chi connectivity index (χ0v) is 13.1. The first-order chi connectivity index (χ1) is 8.70. The van der Waals surface area contributed by atoms with Crippen molar-refractivity contribution < 1.29 is 9.47 Å². The van der Waals surface area contributed by atoms with Crippen LogP contribution in [0.5, 0.6) is 0 Å². The molecule has 0 fully saturated rings. The second kappa shape index (κ2) is 15.3. The minimum atomic E-state index is 0. The molecule has 2 N–H and O–H groups in total. The molecule has 0 aromatic rings. The quantitative estimate of drug-likeness (QED) is 0.333. The molecule has 0 spiro atoms. The third kappa shape index (κ3) is 15.2. The molecule has 0 rings (SSSR count). The fourth-order valence-corrected chi connectivity index (χ4v) is 1.77. The zero-order valence-electron chi connectivity index (χ0n) is 12.3. The monoisotopic (exact) mass is 292 g/mol. The molecule has 114 valence electrons. The molecule has 0 heterocycles. The van der Waals surface area contributed by atoms with Crippen molar-refractivity contribution in [2.24, 2.45) is 0 Å². The van der Waals surface area contributed by atoms with Crippen LogP contribution < -0.4 is 0 Å². The fourth-order valence-electron chi connectivity index (χ4n) is 1.77. The largest absolute Gasteiger partial charge is 0.481 e. The summed E-state index contributed by atoms with van der Waals surface area (Å²) in [7, 11) is 0. The van der Waals surface area contributed by atoms with Crippen LogP contribution in [0.3, 0.4) is 0 Å². The molecule has 0 atom stereocenters. The lowest BCUT2D eigenvalue weighted by Gasteiger charge is -2.05. The molecule has 0 amide bonds. The van der Waals surface area contributed by atoms with Gasteiger partial charge in [-0.2, -0.15) is 0 Å². The standard InChI is InChI=1S/C14H28N2O2.ClH/c1-3-17-13(15)11-9-7-5-6-8-10-12-14(16)18-4-2;/h15-16H,3-12H2,1-2H3;1H. The van der Waals surface area contributed by atoms with E-state index in [2.05, 4.69) is 0 Å². The van der Waals surface area contributed by atoms with E-state index in [1.807, 2.05) is 13.8 Å². The van der Waals surface area contributed by atoms with Crippen LogP contribution in [0.15, 0.2) is 0 Å². The summed E-state index contributed by atoms with van der Waals surface area (Å²) >= 11 is 0. The number of rotatable bonds is 11. The van der Waals surface area contributed by atoms with Crippen LogP contribution in [0.4, 0.5) is 0 Å². The van der Waals surface area contributed by atoms with Crippen LogP contribution in [0.1, 0.15) is 65.2 Å². The Hall–Kier alpha value is -0.770. The molecular weight excluding hydrogens is 264 g/mol. The summed E-state index contributed by atoms with van der Waals surface area (Å²) in [4.78, 5) is 0. The second-order valence-corrected chi connectivity index (χ2v) is 4.33. The van der Waals surface area contributed by atoms with Gasteiger partial charge in [-0.25, -0.2) is 0 Å². The van der Waals surface area contributed by atoms with Crippen molar-refractivity contribution in [3.63, 3.8) is 0 Å². The highest BCUT2D eigenvalue weighted by Crippen LogP contribution is 2.09. The maximum Gasteiger partial charge on any atom is 0.180 e. The first-order valence-corrected chi connectivity index (χ1v) is 7.11. The Morgan fingerprint density at radius 2 is 1.00 bits per heavy atom. The Balaban J connectivity index is 0. The van der Waals surface area contributed by atoms with Gasteiger partial charge in [0.2, 0.25) is 0 Å². The molecule has 0 aromatic carbocycles. The van der Waals surface area contributed by atoms with E-state index in [0.29, 0.717) is 25.0 Å². The Kier molecular flexibility index (Phi) is 16.5. The molecule has 0 aliphatic heterocycles. The Bertz CT molecular complexity index is 211. The van der Waals surface area contributed by atoms with Crippen LogP contribution >= 0.6 is 12.4 Å². The number of hydrogen-bond acceptors (Lipinski definition) is 4. The summed E-state index contributed by atoms with van der Waals surface area (Å²) in [5.41, 5.74) is 0. The van der Waals surface area contributed by atoms with Gasteiger partial charge in [0.1, 0.15) is 0 Å². The lowest BCUT2D eigenvalue weighted by atomic mass is 10.1. The normalized spacial score (nSPS) is 9.58. The van der Waals surface area contributed by atoms with Gasteiger partial charge in [0.25, 0.3) is 0 Å². The van der Waals surface area contributed by atoms with Gasteiger partial charge >= 0.3 is 0 Å². The molecule has 0 unspecified atom stereocenters. The summed E-state index contributed by atoms with van der Waals surface area (Å²) in [5, 5.41) is 14.9. The molecule has 19 heavy (non-hydrogen) atoms. The average molecular weight is 293 g/mol. The predicted molar refractivity (Wildman–Crippen MR) is 82.9 cm³/mol. The molecule has 0 saturated carbocycles. The minimum absolute atomic E-state index is 0. The summed E-state index contributed by atoms with van der Waals surface area (Å²) in [6.07, 6.45) is 8.38. The van der Waals surface area contributed by atoms with Crippen molar-refractivity contribution in [1.29, 1.82) is 10.8 Å². The minimum Gasteiger partial charge on any atom is -0.481 e. The van der Waals surface area contributed by atoms with Crippen molar-refractivity contribution in [3.05, 3.63) is 0 Å². The molecule has 0 bridgehead atoms. The van der Waals surface area contributed by atoms with Gasteiger partial charge in [-0.3, -0.25) is 10.8 Å². The van der Waals surface area contributed by atoms with Crippen LogP contribution in [-0.2, 0) is 9.47 Å². The third-order valence-corrected chi connectivity index (χ3v) is 2.69. The lowest BCUT2D eigenvalue weighted by molar-refractivity contribution is 0.311. The molecular formula is C14H29ClN2O2. The van der Waals surface area contributed by atoms with Crippen LogP contribution in [-0.4, -0.2) is 25.0 Å². The van der Waals surface area contributed by atoms with Gasteiger partial charge < -0.3 is 9.47 Å². The highest BCUT2D eigenvalue weighted by atomic mass is 35.5. The Labute approximate surface area is 123 Å². The highest BCUT2D eigenvalue weighted by Gasteiger charge is 1.98. The number of hydrogen-bond donors (Lipinski definition) is 2. The van der Waals surface area contributed by atoms with Gasteiger partial charge in [0.15, 0.2) is 11.8 Å². The molecule has 0 aromatic heterocycles. The summed E-state index contributed by atoms with van der Waals surface area (Å²) in [5.74, 6) is 0.838. The van der Waals surface area contributed by atoms with E-state index in [1.54, 1.807) is 0 Å². The van der Waals surface area contributed by atoms with E-state index >= 15 is 0 Å². The first-order valence-electron chi connectivity index (χ1n) is 7.11. The van der Waals surface area contributed by atoms with E-state index in [1.165, 1.54) is 25.7 Å². The van der Waals surface area contributed by atoms with E-state index in [0.717, 1.165) is 25.7 Å². The van der Waals surface area contributed by atoms with E-state index in [9.17, 15) is 0 Å². The van der Waals surface area contributed by atoms with Crippen LogP contribution in [0.25, 0.3) is 0 Å². The van der Waals surface area contributed by atoms with Crippen molar-refractivity contribution in [2.75, 3.05) is 13.2 Å². The van der Waals surface area contributed by atoms with Crippen molar-refractivity contribution in [3.8, 4) is 0 Å². The molecule has 5 heteroatoms. The zero-order chi connectivity index (χ0) is 13.6. The SMILES string of the molecule is CCOC(=N)CCCCCCCCC(=N)OCC.Cl. The lowest BCUT2D eigenvalue weighted by Crippen LogP contribution is -2.02. The number of unbranched alkanes of at least 4 members (excludes halogenated alkanes) is 5. The highest BCUT2D eigenvalue weighted by molar-refractivity contribution is 5.85. The fraction of sp³-hybridized carbons (Fsp3) is 0.857. The van der Waals surface area contributed by atoms with Gasteiger partial charge in [0, 0.05) is 12.8 Å². The number of halogens is 1. The second-order valence-electron chi connectivity index (χ2n) is 4.33. The smallest absolute Gasteiger partial charge is 0.180 e. The van der Waals surface area contributed by atoms with E-state index in [-0.39, 0.29) is 12.4 Å². The van der Waals surface area contributed by atoms with E-state index < -0.39 is 0 Å². The van der Waals surface area contributed by atoms with Crippen molar-refractivity contribution in [1.82, 2.24) is 0 Å². The van der Waals surface area contributed by atoms with Gasteiger partial charge in [-0.05, 0) is 26.7 Å². The van der Waals surface area contributed by atoms with Gasteiger partial charge in [-0.1, -0.05) is 25.7 Å². The molecule has 0 aliphatic carbocycles. The first kappa shape index (κ1) is 20.5. The van der Waals surface area contributed by atoms with Gasteiger partial charge in [-0.15, -0.1) is 12.4 Å².